The van der Waals surface area contributed by atoms with Gasteiger partial charge in [-0.3, -0.25) is 4.79 Å². The third-order valence-electron chi connectivity index (χ3n) is 6.20. The van der Waals surface area contributed by atoms with Crippen molar-refractivity contribution in [1.82, 2.24) is 0 Å². The number of ketones is 1. The fraction of sp³-hybridized carbons (Fsp3) is 0.107. The van der Waals surface area contributed by atoms with Crippen LogP contribution in [0.3, 0.4) is 0 Å². The lowest BCUT2D eigenvalue weighted by molar-refractivity contribution is 0.0980. The van der Waals surface area contributed by atoms with Gasteiger partial charge < -0.3 is 14.5 Å². The maximum atomic E-state index is 13.6. The van der Waals surface area contributed by atoms with Crippen LogP contribution in [0.1, 0.15) is 10.4 Å². The second kappa shape index (κ2) is 8.46. The number of ether oxygens (including phenoxy) is 1. The van der Waals surface area contributed by atoms with E-state index in [1.54, 1.807) is 23.5 Å². The molecule has 0 aromatic heterocycles. The molecule has 0 fully saturated rings. The predicted molar refractivity (Wildman–Crippen MR) is 141 cm³/mol. The number of rotatable bonds is 2. The number of hydrogen-bond donors (Lipinski definition) is 0. The van der Waals surface area contributed by atoms with Gasteiger partial charge >= 0.3 is 0 Å². The molecule has 4 nitrogen and oxygen atoms in total. The lowest BCUT2D eigenvalue weighted by Crippen LogP contribution is -2.29. The summed E-state index contributed by atoms with van der Waals surface area (Å²) in [7, 11) is 4.11. The van der Waals surface area contributed by atoms with Crippen molar-refractivity contribution in [3.05, 3.63) is 112 Å². The molecule has 0 bridgehead atoms. The van der Waals surface area contributed by atoms with E-state index in [4.69, 9.17) is 4.74 Å². The van der Waals surface area contributed by atoms with Crippen LogP contribution in [0.5, 0.6) is 5.75 Å². The number of fused-ring (bicyclic) bond motifs is 3. The fourth-order valence-electron chi connectivity index (χ4n) is 4.36. The number of allylic oxidation sites excluding steroid dienone is 2. The quantitative estimate of drug-likeness (QED) is 0.377. The predicted octanol–water partition coefficient (Wildman–Crippen LogP) is 6.72. The Morgan fingerprint density at radius 3 is 2.06 bits per heavy atom. The van der Waals surface area contributed by atoms with E-state index in [-0.39, 0.29) is 5.78 Å². The van der Waals surface area contributed by atoms with Crippen LogP contribution in [0, 0.1) is 0 Å². The fourth-order valence-corrected chi connectivity index (χ4v) is 6.52. The van der Waals surface area contributed by atoms with Crippen LogP contribution >= 0.6 is 23.5 Å². The molecule has 0 amide bonds. The van der Waals surface area contributed by atoms with Crippen LogP contribution in [0.2, 0.25) is 0 Å². The summed E-state index contributed by atoms with van der Waals surface area (Å²) in [5.74, 6) is 0.633. The van der Waals surface area contributed by atoms with Crippen molar-refractivity contribution < 1.29 is 9.53 Å². The Labute approximate surface area is 207 Å². The van der Waals surface area contributed by atoms with Crippen LogP contribution in [0.15, 0.2) is 116 Å². The van der Waals surface area contributed by atoms with E-state index in [1.807, 2.05) is 60.7 Å². The van der Waals surface area contributed by atoms with Crippen molar-refractivity contribution in [2.75, 3.05) is 23.9 Å². The van der Waals surface area contributed by atoms with Gasteiger partial charge in [0.05, 0.1) is 27.0 Å². The van der Waals surface area contributed by atoms with Crippen molar-refractivity contribution in [2.45, 2.75) is 15.9 Å². The summed E-state index contributed by atoms with van der Waals surface area (Å²) >= 11 is 3.41. The van der Waals surface area contributed by atoms with Crippen LogP contribution < -0.4 is 14.5 Å². The normalized spacial score (nSPS) is 22.2. The SMILES string of the molecule is CN1/C(=C\C=C2/C(=O)c3ccccc3OC2/C=C2/Sc3ccccc3N2C)Sc2ccccc21. The van der Waals surface area contributed by atoms with Crippen LogP contribution in [0.25, 0.3) is 0 Å². The summed E-state index contributed by atoms with van der Waals surface area (Å²) in [6.45, 7) is 0. The molecule has 3 aromatic carbocycles. The van der Waals surface area contributed by atoms with Crippen LogP contribution in [-0.4, -0.2) is 26.0 Å². The molecule has 0 aliphatic carbocycles. The zero-order valence-corrected chi connectivity index (χ0v) is 20.4. The van der Waals surface area contributed by atoms with E-state index in [0.29, 0.717) is 16.9 Å². The lowest BCUT2D eigenvalue weighted by atomic mass is 9.94. The third kappa shape index (κ3) is 3.54. The smallest absolute Gasteiger partial charge is 0.196 e. The Morgan fingerprint density at radius 1 is 0.765 bits per heavy atom. The van der Waals surface area contributed by atoms with E-state index in [2.05, 4.69) is 54.2 Å². The number of nitrogens with zero attached hydrogens (tertiary/aromatic N) is 2. The van der Waals surface area contributed by atoms with Gasteiger partial charge in [-0.25, -0.2) is 0 Å². The minimum Gasteiger partial charge on any atom is -0.481 e. The Bertz CT molecular complexity index is 1410. The second-order valence-electron chi connectivity index (χ2n) is 8.25. The number of para-hydroxylation sites is 3. The lowest BCUT2D eigenvalue weighted by Gasteiger charge is -2.27. The first-order valence-corrected chi connectivity index (χ1v) is 12.7. The van der Waals surface area contributed by atoms with Gasteiger partial charge in [-0.05, 0) is 54.6 Å². The summed E-state index contributed by atoms with van der Waals surface area (Å²) in [4.78, 5) is 20.3. The maximum Gasteiger partial charge on any atom is 0.196 e. The highest BCUT2D eigenvalue weighted by atomic mass is 32.2. The molecule has 0 saturated carbocycles. The zero-order valence-electron chi connectivity index (χ0n) is 18.8. The number of hydrogen-bond acceptors (Lipinski definition) is 6. The number of anilines is 2. The van der Waals surface area contributed by atoms with Crippen LogP contribution in [-0.2, 0) is 0 Å². The monoisotopic (exact) mass is 482 g/mol. The number of benzene rings is 3. The molecule has 1 atom stereocenters. The molecule has 6 heteroatoms. The van der Waals surface area contributed by atoms with Gasteiger partial charge in [0.1, 0.15) is 11.9 Å². The van der Waals surface area contributed by atoms with Gasteiger partial charge in [0.2, 0.25) is 0 Å². The first-order valence-electron chi connectivity index (χ1n) is 11.1. The third-order valence-corrected chi connectivity index (χ3v) is 8.57. The Hall–Kier alpha value is -3.35. The van der Waals surface area contributed by atoms with Gasteiger partial charge in [-0.1, -0.05) is 59.9 Å². The van der Waals surface area contributed by atoms with Gasteiger partial charge in [0, 0.05) is 29.5 Å². The van der Waals surface area contributed by atoms with Crippen molar-refractivity contribution in [3.63, 3.8) is 0 Å². The molecule has 3 heterocycles. The summed E-state index contributed by atoms with van der Waals surface area (Å²) in [5, 5.41) is 2.13. The number of thioether (sulfide) groups is 2. The molecule has 0 spiro atoms. The van der Waals surface area contributed by atoms with Crippen LogP contribution in [0.4, 0.5) is 11.4 Å². The highest BCUT2D eigenvalue weighted by Crippen LogP contribution is 2.46. The largest absolute Gasteiger partial charge is 0.481 e. The molecular weight excluding hydrogens is 460 g/mol. The summed E-state index contributed by atoms with van der Waals surface area (Å²) in [5.41, 5.74) is 3.58. The van der Waals surface area contributed by atoms with Gasteiger partial charge in [-0.15, -0.1) is 0 Å². The second-order valence-corrected chi connectivity index (χ2v) is 10.4. The molecule has 0 saturated heterocycles. The highest BCUT2D eigenvalue weighted by Gasteiger charge is 2.32. The van der Waals surface area contributed by atoms with Gasteiger partial charge in [-0.2, -0.15) is 0 Å². The summed E-state index contributed by atoms with van der Waals surface area (Å²) in [6, 6.07) is 24.1. The maximum absolute atomic E-state index is 13.6. The molecule has 3 aromatic rings. The van der Waals surface area contributed by atoms with Gasteiger partial charge in [0.25, 0.3) is 0 Å². The first-order chi connectivity index (χ1) is 16.6. The average Bonchev–Trinajstić information content (AvgIpc) is 3.35. The molecule has 0 radical (unpaired) electrons. The first kappa shape index (κ1) is 21.2. The average molecular weight is 483 g/mol. The highest BCUT2D eigenvalue weighted by molar-refractivity contribution is 8.04. The number of carbonyl (C=O) groups excluding carboxylic acids is 1. The van der Waals surface area contributed by atoms with Crippen molar-refractivity contribution in [2.24, 2.45) is 0 Å². The number of Topliss-reactive ketones (excluding diaryl/α,β-unsaturated/α-hetero) is 1. The van der Waals surface area contributed by atoms with E-state index in [0.717, 1.165) is 15.7 Å². The van der Waals surface area contributed by atoms with E-state index >= 15 is 0 Å². The van der Waals surface area contributed by atoms with E-state index < -0.39 is 6.10 Å². The minimum absolute atomic E-state index is 0.00637. The molecule has 34 heavy (non-hydrogen) atoms. The topological polar surface area (TPSA) is 32.8 Å². The minimum atomic E-state index is -0.474. The Balaban J connectivity index is 1.39. The Kier molecular flexibility index (Phi) is 5.27. The molecule has 168 valence electrons. The molecule has 6 rings (SSSR count). The van der Waals surface area contributed by atoms with E-state index in [9.17, 15) is 4.79 Å². The van der Waals surface area contributed by atoms with Crippen molar-refractivity contribution in [3.8, 4) is 5.75 Å². The van der Waals surface area contributed by atoms with Gasteiger partial charge in [0.15, 0.2) is 5.78 Å². The standard InChI is InChI=1S/C28H22N2O2S2/c1-29-20-10-4-7-13-24(20)33-26(29)16-15-19-23(32-22-12-6-3-9-18(22)28(19)31)17-27-30(2)21-11-5-8-14-25(21)34-27/h3-17,23H,1-2H3/b19-15-,26-16+,27-17+. The number of carbonyl (C=O) groups is 1. The molecular formula is C28H22N2O2S2. The summed E-state index contributed by atoms with van der Waals surface area (Å²) < 4.78 is 6.37. The van der Waals surface area contributed by atoms with E-state index in [1.165, 1.54) is 15.5 Å². The molecule has 3 aliphatic heterocycles. The Morgan fingerprint density at radius 2 is 1.35 bits per heavy atom. The van der Waals surface area contributed by atoms with Crippen molar-refractivity contribution in [1.29, 1.82) is 0 Å². The van der Waals surface area contributed by atoms with Crippen molar-refractivity contribution >= 4 is 40.7 Å². The molecule has 0 N–H and O–H groups in total. The summed E-state index contributed by atoms with van der Waals surface area (Å²) in [6.07, 6.45) is 5.54. The zero-order chi connectivity index (χ0) is 23.2. The molecule has 3 aliphatic rings. The molecule has 1 unspecified atom stereocenters.